The number of aliphatic hydroxyl groups excluding tert-OH is 2. The largest absolute Gasteiger partial charge is 0.472 e. The van der Waals surface area contributed by atoms with Crippen LogP contribution in [0.2, 0.25) is 0 Å². The summed E-state index contributed by atoms with van der Waals surface area (Å²) in [5, 5.41) is 18.3. The number of hydrogen-bond donors (Lipinski definition) is 3. The van der Waals surface area contributed by atoms with Crippen molar-refractivity contribution in [3.8, 4) is 0 Å². The van der Waals surface area contributed by atoms with Gasteiger partial charge in [-0.3, -0.25) is 18.6 Å². The zero-order valence-electron chi connectivity index (χ0n) is 36.2. The summed E-state index contributed by atoms with van der Waals surface area (Å²) in [6, 6.07) is 0. The summed E-state index contributed by atoms with van der Waals surface area (Å²) in [5.74, 6) is -1.02. The highest BCUT2D eigenvalue weighted by Crippen LogP contribution is 2.43. The summed E-state index contributed by atoms with van der Waals surface area (Å²) >= 11 is 0. The van der Waals surface area contributed by atoms with E-state index in [1.807, 2.05) is 12.2 Å². The molecule has 0 aliphatic rings. The highest BCUT2D eigenvalue weighted by molar-refractivity contribution is 7.47. The van der Waals surface area contributed by atoms with Crippen molar-refractivity contribution in [1.29, 1.82) is 0 Å². The molecule has 0 fully saturated rings. The summed E-state index contributed by atoms with van der Waals surface area (Å²) < 4.78 is 32.7. The van der Waals surface area contributed by atoms with E-state index >= 15 is 0 Å². The van der Waals surface area contributed by atoms with Gasteiger partial charge < -0.3 is 24.6 Å². The first-order valence-electron chi connectivity index (χ1n) is 21.8. The highest BCUT2D eigenvalue weighted by Gasteiger charge is 2.27. The standard InChI is InChI=1S/C48H77O10P/c1-3-5-7-9-11-13-15-17-19-21-22-24-25-27-29-31-33-35-37-39-47(51)55-43-46(44-57-59(53,54)56-42-45(50)41-49)58-48(52)40-38-36-34-32-30-28-26-23-20-18-16-14-12-10-8-6-4-2/h5-8,11-14,17-20,22,24,26,28,32,34,45-46,49-50H,3-4,9-10,15-16,21,23,25,27,29-31,33,35-44H2,1-2H3,(H,53,54)/b7-5-,8-6-,13-11-,14-12-,19-17-,20-18-,24-22-,28-26-,34-32-. The van der Waals surface area contributed by atoms with Gasteiger partial charge in [-0.2, -0.15) is 0 Å². The number of ether oxygens (including phenoxy) is 2. The molecule has 0 radical (unpaired) electrons. The highest BCUT2D eigenvalue weighted by atomic mass is 31.2. The fourth-order valence-corrected chi connectivity index (χ4v) is 5.93. The van der Waals surface area contributed by atoms with E-state index in [0.717, 1.165) is 96.3 Å². The van der Waals surface area contributed by atoms with Crippen LogP contribution in [-0.4, -0.2) is 65.7 Å². The number of aliphatic hydroxyl groups is 2. The Morgan fingerprint density at radius 3 is 1.37 bits per heavy atom. The van der Waals surface area contributed by atoms with Gasteiger partial charge in [-0.15, -0.1) is 0 Å². The van der Waals surface area contributed by atoms with Crippen LogP contribution in [0.3, 0.4) is 0 Å². The van der Waals surface area contributed by atoms with E-state index in [9.17, 15) is 24.2 Å². The van der Waals surface area contributed by atoms with Crippen LogP contribution in [0, 0.1) is 0 Å². The smallest absolute Gasteiger partial charge is 0.462 e. The van der Waals surface area contributed by atoms with Gasteiger partial charge in [-0.25, -0.2) is 4.57 Å². The summed E-state index contributed by atoms with van der Waals surface area (Å²) in [6.45, 7) is 2.04. The molecule has 0 saturated carbocycles. The Kier molecular flexibility index (Phi) is 40.3. The molecule has 0 rings (SSSR count). The van der Waals surface area contributed by atoms with Crippen molar-refractivity contribution in [2.75, 3.05) is 26.4 Å². The third kappa shape index (κ3) is 42.6. The lowest BCUT2D eigenvalue weighted by Gasteiger charge is -2.20. The number of hydrogen-bond acceptors (Lipinski definition) is 9. The van der Waals surface area contributed by atoms with Gasteiger partial charge in [0.15, 0.2) is 6.10 Å². The maximum Gasteiger partial charge on any atom is 0.472 e. The maximum atomic E-state index is 12.6. The molecule has 0 spiro atoms. The number of carbonyl (C=O) groups excluding carboxylic acids is 2. The number of esters is 2. The number of rotatable bonds is 39. The lowest BCUT2D eigenvalue weighted by molar-refractivity contribution is -0.161. The van der Waals surface area contributed by atoms with Gasteiger partial charge in [0, 0.05) is 12.8 Å². The minimum Gasteiger partial charge on any atom is -0.462 e. The third-order valence-corrected chi connectivity index (χ3v) is 9.37. The lowest BCUT2D eigenvalue weighted by Crippen LogP contribution is -2.29. The molecule has 10 nitrogen and oxygen atoms in total. The van der Waals surface area contributed by atoms with Crippen molar-refractivity contribution in [3.63, 3.8) is 0 Å². The summed E-state index contributed by atoms with van der Waals surface area (Å²) in [5.41, 5.74) is 0. The number of allylic oxidation sites excluding steroid dienone is 18. The first-order valence-corrected chi connectivity index (χ1v) is 23.3. The van der Waals surface area contributed by atoms with Gasteiger partial charge in [-0.1, -0.05) is 149 Å². The summed E-state index contributed by atoms with van der Waals surface area (Å²) in [7, 11) is -4.65. The molecule has 3 unspecified atom stereocenters. The second-order valence-electron chi connectivity index (χ2n) is 14.0. The molecule has 59 heavy (non-hydrogen) atoms. The monoisotopic (exact) mass is 845 g/mol. The number of carbonyl (C=O) groups is 2. The predicted octanol–water partition coefficient (Wildman–Crippen LogP) is 11.8. The van der Waals surface area contributed by atoms with Crippen molar-refractivity contribution >= 4 is 19.8 Å². The minimum atomic E-state index is -4.65. The van der Waals surface area contributed by atoms with Crippen LogP contribution in [0.4, 0.5) is 0 Å². The Balaban J connectivity index is 4.43. The van der Waals surface area contributed by atoms with E-state index in [1.165, 1.54) is 0 Å². The van der Waals surface area contributed by atoms with Crippen LogP contribution in [0.5, 0.6) is 0 Å². The van der Waals surface area contributed by atoms with Gasteiger partial charge >= 0.3 is 19.8 Å². The first kappa shape index (κ1) is 55.6. The van der Waals surface area contributed by atoms with Gasteiger partial charge in [0.05, 0.1) is 19.8 Å². The third-order valence-electron chi connectivity index (χ3n) is 8.42. The van der Waals surface area contributed by atoms with Crippen molar-refractivity contribution < 1.29 is 47.8 Å². The molecule has 0 aromatic rings. The molecule has 0 saturated heterocycles. The zero-order chi connectivity index (χ0) is 43.3. The van der Waals surface area contributed by atoms with Crippen molar-refractivity contribution in [2.24, 2.45) is 0 Å². The molecule has 3 N–H and O–H groups in total. The van der Waals surface area contributed by atoms with Crippen LogP contribution in [0.15, 0.2) is 109 Å². The minimum absolute atomic E-state index is 0.0954. The predicted molar refractivity (Wildman–Crippen MR) is 242 cm³/mol. The zero-order valence-corrected chi connectivity index (χ0v) is 37.1. The summed E-state index contributed by atoms with van der Waals surface area (Å²) in [6.07, 6.45) is 53.4. The van der Waals surface area contributed by atoms with Crippen LogP contribution >= 0.6 is 7.82 Å². The fourth-order valence-electron chi connectivity index (χ4n) is 5.14. The Bertz CT molecular complexity index is 1340. The average Bonchev–Trinajstić information content (AvgIpc) is 3.22. The second-order valence-corrected chi connectivity index (χ2v) is 15.4. The SMILES string of the molecule is CC/C=C\C/C=C\C/C=C\C/C=C\C/C=C\CCCC(=O)OC(COC(=O)CCCCCCCC/C=C\C/C=C\C/C=C\C/C=C\CC)COP(=O)(O)OCC(O)CO. The quantitative estimate of drug-likeness (QED) is 0.0236. The van der Waals surface area contributed by atoms with Gasteiger partial charge in [-0.05, 0) is 89.9 Å². The molecule has 3 atom stereocenters. The second kappa shape index (κ2) is 42.7. The Hall–Kier alpha value is -3.37. The molecule has 0 amide bonds. The Labute approximate surface area is 356 Å². The lowest BCUT2D eigenvalue weighted by atomic mass is 10.1. The molecule has 0 bridgehead atoms. The van der Waals surface area contributed by atoms with E-state index in [1.54, 1.807) is 0 Å². The van der Waals surface area contributed by atoms with Crippen LogP contribution in [0.25, 0.3) is 0 Å². The van der Waals surface area contributed by atoms with Gasteiger partial charge in [0.1, 0.15) is 12.7 Å². The fraction of sp³-hybridized carbons (Fsp3) is 0.583. The number of phosphoric ester groups is 1. The molecular weight excluding hydrogens is 767 g/mol. The molecule has 0 heterocycles. The molecule has 0 aliphatic heterocycles. The van der Waals surface area contributed by atoms with Gasteiger partial charge in [0.25, 0.3) is 0 Å². The number of phosphoric acid groups is 1. The maximum absolute atomic E-state index is 12.6. The normalized spacial score (nSPS) is 14.9. The average molecular weight is 845 g/mol. The topological polar surface area (TPSA) is 149 Å². The van der Waals surface area contributed by atoms with E-state index in [-0.39, 0.29) is 19.4 Å². The van der Waals surface area contributed by atoms with Crippen LogP contribution < -0.4 is 0 Å². The van der Waals surface area contributed by atoms with Crippen molar-refractivity contribution in [1.82, 2.24) is 0 Å². The first-order chi connectivity index (χ1) is 28.7. The van der Waals surface area contributed by atoms with Crippen LogP contribution in [0.1, 0.15) is 142 Å². The van der Waals surface area contributed by atoms with Gasteiger partial charge in [0.2, 0.25) is 0 Å². The molecule has 334 valence electrons. The van der Waals surface area contributed by atoms with E-state index in [0.29, 0.717) is 19.3 Å². The van der Waals surface area contributed by atoms with E-state index in [2.05, 4.69) is 116 Å². The summed E-state index contributed by atoms with van der Waals surface area (Å²) in [4.78, 5) is 35.0. The van der Waals surface area contributed by atoms with E-state index in [4.69, 9.17) is 19.1 Å². The Morgan fingerprint density at radius 1 is 0.508 bits per heavy atom. The molecule has 0 aromatic heterocycles. The molecule has 0 aromatic carbocycles. The number of unbranched alkanes of at least 4 members (excludes halogenated alkanes) is 7. The molecule has 0 aliphatic carbocycles. The molecular formula is C48H77O10P. The molecule has 11 heteroatoms. The van der Waals surface area contributed by atoms with Crippen molar-refractivity contribution in [2.45, 2.75) is 154 Å². The Morgan fingerprint density at radius 2 is 0.898 bits per heavy atom. The van der Waals surface area contributed by atoms with E-state index < -0.39 is 51.8 Å². The van der Waals surface area contributed by atoms with Crippen molar-refractivity contribution in [3.05, 3.63) is 109 Å². The van der Waals surface area contributed by atoms with Crippen LogP contribution in [-0.2, 0) is 32.7 Å².